The molecule has 19 heavy (non-hydrogen) atoms. The molecule has 2 unspecified atom stereocenters. The smallest absolute Gasteiger partial charge is 0.0956 e. The van der Waals surface area contributed by atoms with Gasteiger partial charge in [0.05, 0.1) is 11.2 Å². The molecule has 2 aromatic rings. The molecule has 1 saturated heterocycles. The van der Waals surface area contributed by atoms with Gasteiger partial charge in [0.2, 0.25) is 0 Å². The van der Waals surface area contributed by atoms with E-state index in [9.17, 15) is 0 Å². The van der Waals surface area contributed by atoms with Crippen LogP contribution >= 0.6 is 15.9 Å². The van der Waals surface area contributed by atoms with Crippen molar-refractivity contribution < 1.29 is 0 Å². The molecule has 1 aliphatic rings. The summed E-state index contributed by atoms with van der Waals surface area (Å²) < 4.78 is 0.965. The number of anilines is 2. The zero-order valence-corrected chi connectivity index (χ0v) is 12.8. The van der Waals surface area contributed by atoms with E-state index in [1.54, 1.807) is 0 Å². The maximum atomic E-state index is 6.07. The Morgan fingerprint density at radius 3 is 2.63 bits per heavy atom. The number of halogens is 1. The van der Waals surface area contributed by atoms with Crippen LogP contribution in [0.5, 0.6) is 0 Å². The Bertz CT molecular complexity index is 616. The summed E-state index contributed by atoms with van der Waals surface area (Å²) in [4.78, 5) is 7.00. The van der Waals surface area contributed by atoms with Gasteiger partial charge in [-0.25, -0.2) is 0 Å². The molecule has 3 rings (SSSR count). The molecule has 0 amide bonds. The second-order valence-electron chi connectivity index (χ2n) is 5.58. The van der Waals surface area contributed by atoms with Crippen molar-refractivity contribution in [2.24, 2.45) is 11.8 Å². The SMILES string of the molecule is CC1CN(c2ccc(N)c3cc(Br)cnc23)CC1C. The molecule has 0 radical (unpaired) electrons. The highest BCUT2D eigenvalue weighted by atomic mass is 79.9. The lowest BCUT2D eigenvalue weighted by Gasteiger charge is -2.20. The third-order valence-electron chi connectivity index (χ3n) is 4.16. The second-order valence-corrected chi connectivity index (χ2v) is 6.50. The van der Waals surface area contributed by atoms with Gasteiger partial charge in [0, 0.05) is 34.8 Å². The Hall–Kier alpha value is -1.29. The fraction of sp³-hybridized carbons (Fsp3) is 0.400. The molecule has 2 atom stereocenters. The van der Waals surface area contributed by atoms with Crippen molar-refractivity contribution in [3.05, 3.63) is 28.9 Å². The minimum absolute atomic E-state index is 0.725. The fourth-order valence-electron chi connectivity index (χ4n) is 2.78. The van der Waals surface area contributed by atoms with Gasteiger partial charge in [-0.15, -0.1) is 0 Å². The quantitative estimate of drug-likeness (QED) is 0.815. The van der Waals surface area contributed by atoms with Crippen molar-refractivity contribution in [3.63, 3.8) is 0 Å². The third-order valence-corrected chi connectivity index (χ3v) is 4.59. The van der Waals surface area contributed by atoms with Crippen molar-refractivity contribution in [1.82, 2.24) is 4.98 Å². The molecular formula is C15H18BrN3. The molecular weight excluding hydrogens is 302 g/mol. The first-order chi connectivity index (χ1) is 9.06. The largest absolute Gasteiger partial charge is 0.398 e. The van der Waals surface area contributed by atoms with E-state index in [2.05, 4.69) is 45.7 Å². The van der Waals surface area contributed by atoms with Crippen LogP contribution in [0, 0.1) is 11.8 Å². The van der Waals surface area contributed by atoms with Gasteiger partial charge in [0.25, 0.3) is 0 Å². The molecule has 3 nitrogen and oxygen atoms in total. The van der Waals surface area contributed by atoms with Crippen molar-refractivity contribution >= 4 is 38.2 Å². The van der Waals surface area contributed by atoms with Crippen LogP contribution in [0.15, 0.2) is 28.9 Å². The zero-order valence-electron chi connectivity index (χ0n) is 11.2. The minimum atomic E-state index is 0.725. The van der Waals surface area contributed by atoms with Crippen LogP contribution in [-0.4, -0.2) is 18.1 Å². The Balaban J connectivity index is 2.12. The monoisotopic (exact) mass is 319 g/mol. The Morgan fingerprint density at radius 1 is 1.26 bits per heavy atom. The Morgan fingerprint density at radius 2 is 1.95 bits per heavy atom. The number of aromatic nitrogens is 1. The summed E-state index contributed by atoms with van der Waals surface area (Å²) in [6.07, 6.45) is 1.84. The number of nitrogens with two attached hydrogens (primary N) is 1. The topological polar surface area (TPSA) is 42.1 Å². The standard InChI is InChI=1S/C15H18BrN3/c1-9-7-19(8-10(9)2)14-4-3-13(17)12-5-11(16)6-18-15(12)14/h3-6,9-10H,7-8,17H2,1-2H3. The summed E-state index contributed by atoms with van der Waals surface area (Å²) in [5.74, 6) is 1.45. The number of hydrogen-bond acceptors (Lipinski definition) is 3. The van der Waals surface area contributed by atoms with Crippen LogP contribution in [0.2, 0.25) is 0 Å². The second kappa shape index (κ2) is 4.67. The summed E-state index contributed by atoms with van der Waals surface area (Å²) >= 11 is 3.46. The Kier molecular flexibility index (Phi) is 3.13. The van der Waals surface area contributed by atoms with Gasteiger partial charge in [0.15, 0.2) is 0 Å². The molecule has 4 heteroatoms. The van der Waals surface area contributed by atoms with Gasteiger partial charge in [0.1, 0.15) is 0 Å². The number of hydrogen-bond donors (Lipinski definition) is 1. The van der Waals surface area contributed by atoms with Crippen LogP contribution in [0.3, 0.4) is 0 Å². The molecule has 1 aromatic carbocycles. The highest BCUT2D eigenvalue weighted by Gasteiger charge is 2.27. The molecule has 1 aliphatic heterocycles. The van der Waals surface area contributed by atoms with Crippen molar-refractivity contribution in [3.8, 4) is 0 Å². The van der Waals surface area contributed by atoms with Gasteiger partial charge in [-0.1, -0.05) is 13.8 Å². The summed E-state index contributed by atoms with van der Waals surface area (Å²) in [6.45, 7) is 6.82. The average molecular weight is 320 g/mol. The summed E-state index contributed by atoms with van der Waals surface area (Å²) in [5, 5.41) is 1.03. The van der Waals surface area contributed by atoms with E-state index in [1.165, 1.54) is 5.69 Å². The number of rotatable bonds is 1. The molecule has 1 fully saturated rings. The molecule has 0 aliphatic carbocycles. The van der Waals surface area contributed by atoms with Gasteiger partial charge in [-0.05, 0) is 46.0 Å². The number of fused-ring (bicyclic) bond motifs is 1. The maximum Gasteiger partial charge on any atom is 0.0956 e. The number of benzene rings is 1. The van der Waals surface area contributed by atoms with Gasteiger partial charge >= 0.3 is 0 Å². The molecule has 100 valence electrons. The third kappa shape index (κ3) is 2.18. The highest BCUT2D eigenvalue weighted by molar-refractivity contribution is 9.10. The Labute approximate surface area is 121 Å². The first-order valence-corrected chi connectivity index (χ1v) is 7.44. The molecule has 2 heterocycles. The van der Waals surface area contributed by atoms with E-state index in [4.69, 9.17) is 5.73 Å². The van der Waals surface area contributed by atoms with Crippen molar-refractivity contribution in [1.29, 1.82) is 0 Å². The minimum Gasteiger partial charge on any atom is -0.398 e. The van der Waals surface area contributed by atoms with Crippen LogP contribution < -0.4 is 10.6 Å². The number of pyridine rings is 1. The molecule has 0 bridgehead atoms. The van der Waals surface area contributed by atoms with Crippen LogP contribution in [0.1, 0.15) is 13.8 Å². The summed E-state index contributed by atoms with van der Waals surface area (Å²) in [6, 6.07) is 6.13. The summed E-state index contributed by atoms with van der Waals surface area (Å²) in [7, 11) is 0. The lowest BCUT2D eigenvalue weighted by Crippen LogP contribution is -2.20. The molecule has 2 N–H and O–H groups in total. The van der Waals surface area contributed by atoms with Gasteiger partial charge in [-0.2, -0.15) is 0 Å². The number of nitrogens with zero attached hydrogens (tertiary/aromatic N) is 2. The maximum absolute atomic E-state index is 6.07. The van der Waals surface area contributed by atoms with E-state index < -0.39 is 0 Å². The van der Waals surface area contributed by atoms with Crippen molar-refractivity contribution in [2.75, 3.05) is 23.7 Å². The predicted octanol–water partition coefficient (Wildman–Crippen LogP) is 3.67. The molecule has 0 saturated carbocycles. The average Bonchev–Trinajstić information content (AvgIpc) is 2.70. The van der Waals surface area contributed by atoms with Crippen LogP contribution in [0.4, 0.5) is 11.4 Å². The van der Waals surface area contributed by atoms with E-state index in [-0.39, 0.29) is 0 Å². The van der Waals surface area contributed by atoms with E-state index in [1.807, 2.05) is 18.3 Å². The predicted molar refractivity (Wildman–Crippen MR) is 84.4 cm³/mol. The van der Waals surface area contributed by atoms with Gasteiger partial charge in [-0.3, -0.25) is 4.98 Å². The lowest BCUT2D eigenvalue weighted by molar-refractivity contribution is 0.494. The molecule has 1 aromatic heterocycles. The van der Waals surface area contributed by atoms with Crippen LogP contribution in [0.25, 0.3) is 10.9 Å². The van der Waals surface area contributed by atoms with Crippen LogP contribution in [-0.2, 0) is 0 Å². The highest BCUT2D eigenvalue weighted by Crippen LogP contribution is 2.35. The van der Waals surface area contributed by atoms with E-state index in [0.717, 1.165) is 46.0 Å². The first kappa shape index (κ1) is 12.7. The van der Waals surface area contributed by atoms with E-state index in [0.29, 0.717) is 0 Å². The first-order valence-electron chi connectivity index (χ1n) is 6.65. The normalized spacial score (nSPS) is 23.2. The lowest BCUT2D eigenvalue weighted by atomic mass is 10.0. The molecule has 0 spiro atoms. The van der Waals surface area contributed by atoms with E-state index >= 15 is 0 Å². The summed E-state index contributed by atoms with van der Waals surface area (Å²) in [5.41, 5.74) is 9.06. The number of nitrogen functional groups attached to an aromatic ring is 1. The fourth-order valence-corrected chi connectivity index (χ4v) is 3.11. The zero-order chi connectivity index (χ0) is 13.6. The van der Waals surface area contributed by atoms with Gasteiger partial charge < -0.3 is 10.6 Å². The van der Waals surface area contributed by atoms with Crippen molar-refractivity contribution in [2.45, 2.75) is 13.8 Å².